The van der Waals surface area contributed by atoms with Gasteiger partial charge in [-0.2, -0.15) is 0 Å². The van der Waals surface area contributed by atoms with Gasteiger partial charge in [0, 0.05) is 12.3 Å². The van der Waals surface area contributed by atoms with E-state index in [9.17, 15) is 14.4 Å². The summed E-state index contributed by atoms with van der Waals surface area (Å²) in [7, 11) is 0. The van der Waals surface area contributed by atoms with Gasteiger partial charge in [-0.3, -0.25) is 14.5 Å². The molecule has 1 atom stereocenters. The predicted octanol–water partition coefficient (Wildman–Crippen LogP) is 3.32. The van der Waals surface area contributed by atoms with Crippen LogP contribution < -0.4 is 5.32 Å². The number of esters is 1. The summed E-state index contributed by atoms with van der Waals surface area (Å²) in [5.41, 5.74) is -0.847. The summed E-state index contributed by atoms with van der Waals surface area (Å²) < 4.78 is 10.6. The van der Waals surface area contributed by atoms with E-state index in [1.54, 1.807) is 18.7 Å². The molecule has 2 rings (SSSR count). The molecule has 1 heterocycles. The summed E-state index contributed by atoms with van der Waals surface area (Å²) in [6.45, 7) is 8.04. The maximum atomic E-state index is 12.8. The normalized spacial score (nSPS) is 21.9. The molecule has 1 N–H and O–H groups in total. The van der Waals surface area contributed by atoms with E-state index < -0.39 is 17.7 Å². The highest BCUT2D eigenvalue weighted by molar-refractivity contribution is 7.99. The predicted molar refractivity (Wildman–Crippen MR) is 109 cm³/mol. The number of carbonyl (C=O) groups is 3. The fraction of sp³-hybridized carbons (Fsp3) is 0.850. The van der Waals surface area contributed by atoms with Crippen molar-refractivity contribution >= 4 is 29.7 Å². The zero-order valence-corrected chi connectivity index (χ0v) is 18.4. The molecule has 1 aliphatic heterocycles. The first-order chi connectivity index (χ1) is 13.2. The summed E-state index contributed by atoms with van der Waals surface area (Å²) in [5, 5.41) is 3.02. The van der Waals surface area contributed by atoms with Gasteiger partial charge in [0.2, 0.25) is 5.91 Å². The number of hydrogen-bond donors (Lipinski definition) is 1. The minimum absolute atomic E-state index is 0.176. The van der Waals surface area contributed by atoms with Crippen molar-refractivity contribution in [3.8, 4) is 0 Å². The fourth-order valence-electron chi connectivity index (χ4n) is 3.79. The Hall–Kier alpha value is -1.44. The smallest absolute Gasteiger partial charge is 0.411 e. The maximum absolute atomic E-state index is 12.8. The molecule has 1 unspecified atom stereocenters. The van der Waals surface area contributed by atoms with Crippen LogP contribution in [0.4, 0.5) is 4.79 Å². The van der Waals surface area contributed by atoms with Gasteiger partial charge in [0.25, 0.3) is 0 Å². The Bertz CT molecular complexity index is 569. The first kappa shape index (κ1) is 22.8. The molecule has 0 bridgehead atoms. The topological polar surface area (TPSA) is 84.9 Å². The number of rotatable bonds is 6. The van der Waals surface area contributed by atoms with Gasteiger partial charge in [-0.15, -0.1) is 11.8 Å². The monoisotopic (exact) mass is 414 g/mol. The number of carbonyl (C=O) groups excluding carboxylic acids is 3. The third-order valence-electron chi connectivity index (χ3n) is 5.19. The Morgan fingerprint density at radius 2 is 1.86 bits per heavy atom. The lowest BCUT2D eigenvalue weighted by atomic mass is 9.71. The average molecular weight is 415 g/mol. The van der Waals surface area contributed by atoms with Crippen LogP contribution in [0.5, 0.6) is 0 Å². The lowest BCUT2D eigenvalue weighted by Gasteiger charge is -2.37. The molecule has 7 nitrogen and oxygen atoms in total. The van der Waals surface area contributed by atoms with E-state index in [4.69, 9.17) is 9.47 Å². The molecule has 2 fully saturated rings. The molecule has 28 heavy (non-hydrogen) atoms. The Morgan fingerprint density at radius 1 is 1.18 bits per heavy atom. The van der Waals surface area contributed by atoms with Crippen molar-refractivity contribution in [2.24, 2.45) is 5.41 Å². The van der Waals surface area contributed by atoms with Crippen LogP contribution in [0.1, 0.15) is 66.2 Å². The molecule has 1 aliphatic carbocycles. The second-order valence-corrected chi connectivity index (χ2v) is 9.73. The van der Waals surface area contributed by atoms with Crippen molar-refractivity contribution in [1.29, 1.82) is 0 Å². The van der Waals surface area contributed by atoms with Crippen LogP contribution >= 0.6 is 11.8 Å². The quantitative estimate of drug-likeness (QED) is 0.671. The van der Waals surface area contributed by atoms with Crippen molar-refractivity contribution in [3.63, 3.8) is 0 Å². The van der Waals surface area contributed by atoms with Gasteiger partial charge in [-0.1, -0.05) is 19.3 Å². The summed E-state index contributed by atoms with van der Waals surface area (Å²) in [6.07, 6.45) is 4.94. The van der Waals surface area contributed by atoms with Gasteiger partial charge in [-0.05, 0) is 46.0 Å². The highest BCUT2D eigenvalue weighted by Gasteiger charge is 2.39. The van der Waals surface area contributed by atoms with Gasteiger partial charge in [0.1, 0.15) is 11.6 Å². The third kappa shape index (κ3) is 6.57. The van der Waals surface area contributed by atoms with Gasteiger partial charge < -0.3 is 14.8 Å². The van der Waals surface area contributed by atoms with Crippen molar-refractivity contribution in [2.45, 2.75) is 77.9 Å². The molecule has 2 aliphatic rings. The van der Waals surface area contributed by atoms with Crippen LogP contribution in [0.15, 0.2) is 0 Å². The molecule has 0 aromatic rings. The van der Waals surface area contributed by atoms with E-state index >= 15 is 0 Å². The summed E-state index contributed by atoms with van der Waals surface area (Å²) >= 11 is 1.54. The Labute approximate surface area is 172 Å². The van der Waals surface area contributed by atoms with Crippen molar-refractivity contribution in [1.82, 2.24) is 10.2 Å². The van der Waals surface area contributed by atoms with E-state index in [0.29, 0.717) is 31.2 Å². The zero-order valence-electron chi connectivity index (χ0n) is 17.5. The first-order valence-corrected chi connectivity index (χ1v) is 11.3. The highest BCUT2D eigenvalue weighted by Crippen LogP contribution is 2.39. The standard InChI is InChI=1S/C20H34N2O5S/c1-5-26-16(23)11-20(9-7-6-8-10-20)13-21-17(24)15-12-28-14-22(15)18(25)27-19(2,3)4/h15H,5-14H2,1-4H3,(H,21,24). The maximum Gasteiger partial charge on any atom is 0.411 e. The van der Waals surface area contributed by atoms with Crippen LogP contribution in [0.2, 0.25) is 0 Å². The molecule has 1 saturated heterocycles. The first-order valence-electron chi connectivity index (χ1n) is 10.2. The van der Waals surface area contributed by atoms with E-state index in [2.05, 4.69) is 5.32 Å². The van der Waals surface area contributed by atoms with Crippen molar-refractivity contribution in [2.75, 3.05) is 24.8 Å². The molecule has 0 radical (unpaired) electrons. The molecular weight excluding hydrogens is 380 g/mol. The SMILES string of the molecule is CCOC(=O)CC1(CNC(=O)C2CSCN2C(=O)OC(C)(C)C)CCCCC1. The Kier molecular flexibility index (Phi) is 8.04. The minimum Gasteiger partial charge on any atom is -0.466 e. The van der Waals surface area contributed by atoms with E-state index in [1.165, 1.54) is 4.90 Å². The molecule has 0 aromatic carbocycles. The van der Waals surface area contributed by atoms with E-state index in [1.807, 2.05) is 20.8 Å². The van der Waals surface area contributed by atoms with Crippen LogP contribution in [-0.2, 0) is 19.1 Å². The Morgan fingerprint density at radius 3 is 2.46 bits per heavy atom. The molecule has 8 heteroatoms. The number of hydrogen-bond acceptors (Lipinski definition) is 6. The molecule has 160 valence electrons. The van der Waals surface area contributed by atoms with Gasteiger partial charge in [0.15, 0.2) is 0 Å². The van der Waals surface area contributed by atoms with Crippen LogP contribution in [0, 0.1) is 5.41 Å². The average Bonchev–Trinajstić information content (AvgIpc) is 3.09. The van der Waals surface area contributed by atoms with Gasteiger partial charge in [-0.25, -0.2) is 4.79 Å². The second kappa shape index (κ2) is 9.85. The van der Waals surface area contributed by atoms with Crippen molar-refractivity contribution < 1.29 is 23.9 Å². The molecule has 2 amide bonds. The number of nitrogens with one attached hydrogen (secondary N) is 1. The lowest BCUT2D eigenvalue weighted by molar-refractivity contribution is -0.147. The number of amides is 2. The third-order valence-corrected chi connectivity index (χ3v) is 6.20. The summed E-state index contributed by atoms with van der Waals surface area (Å²) in [5.74, 6) is 0.617. The number of ether oxygens (including phenoxy) is 2. The van der Waals surface area contributed by atoms with Crippen LogP contribution in [0.25, 0.3) is 0 Å². The van der Waals surface area contributed by atoms with E-state index in [0.717, 1.165) is 32.1 Å². The van der Waals surface area contributed by atoms with Crippen LogP contribution in [0.3, 0.4) is 0 Å². The second-order valence-electron chi connectivity index (χ2n) is 8.73. The minimum atomic E-state index is -0.600. The number of thioether (sulfide) groups is 1. The Balaban J connectivity index is 1.97. The van der Waals surface area contributed by atoms with Gasteiger partial charge in [0.05, 0.1) is 18.9 Å². The lowest BCUT2D eigenvalue weighted by Crippen LogP contribution is -2.51. The number of nitrogens with zero attached hydrogens (tertiary/aromatic N) is 1. The van der Waals surface area contributed by atoms with E-state index in [-0.39, 0.29) is 17.3 Å². The summed E-state index contributed by atoms with van der Waals surface area (Å²) in [6, 6.07) is -0.539. The molecule has 1 saturated carbocycles. The van der Waals surface area contributed by atoms with Crippen molar-refractivity contribution in [3.05, 3.63) is 0 Å². The zero-order chi connectivity index (χ0) is 20.8. The molecule has 0 aromatic heterocycles. The van der Waals surface area contributed by atoms with Gasteiger partial charge >= 0.3 is 12.1 Å². The van der Waals surface area contributed by atoms with Crippen LogP contribution in [-0.4, -0.2) is 59.3 Å². The summed E-state index contributed by atoms with van der Waals surface area (Å²) in [4.78, 5) is 38.8. The highest BCUT2D eigenvalue weighted by atomic mass is 32.2. The molecule has 0 spiro atoms. The fourth-order valence-corrected chi connectivity index (χ4v) is 4.93. The largest absolute Gasteiger partial charge is 0.466 e. The molecular formula is C20H34N2O5S.